The van der Waals surface area contributed by atoms with E-state index in [0.717, 1.165) is 13.2 Å². The highest BCUT2D eigenvalue weighted by Crippen LogP contribution is 2.14. The van der Waals surface area contributed by atoms with Crippen LogP contribution in [0, 0.1) is 0 Å². The molecule has 15 heavy (non-hydrogen) atoms. The van der Waals surface area contributed by atoms with E-state index in [9.17, 15) is 0 Å². The topological polar surface area (TPSA) is 25.0 Å². The maximum atomic E-state index is 5.51. The first-order chi connectivity index (χ1) is 7.25. The van der Waals surface area contributed by atoms with Gasteiger partial charge in [-0.15, -0.1) is 0 Å². The van der Waals surface area contributed by atoms with E-state index >= 15 is 0 Å². The number of anilines is 1. The summed E-state index contributed by atoms with van der Waals surface area (Å²) in [7, 11) is 4.08. The van der Waals surface area contributed by atoms with Gasteiger partial charge >= 0.3 is 0 Å². The first-order valence-corrected chi connectivity index (χ1v) is 5.21. The lowest BCUT2D eigenvalue weighted by atomic mass is 10.2. The van der Waals surface area contributed by atoms with Crippen molar-refractivity contribution >= 4 is 5.69 Å². The Morgan fingerprint density at radius 1 is 1.33 bits per heavy atom. The van der Waals surface area contributed by atoms with Gasteiger partial charge in [0.25, 0.3) is 0 Å². The summed E-state index contributed by atoms with van der Waals surface area (Å²) < 4.78 is 10.6. The largest absolute Gasteiger partial charge is 0.378 e. The SMILES string of the molecule is CN(C)c1ccc(COC[C@H]2CO2)cc1. The van der Waals surface area contributed by atoms with E-state index in [1.54, 1.807) is 0 Å². The Balaban J connectivity index is 1.80. The second-order valence-electron chi connectivity index (χ2n) is 4.03. The molecule has 2 rings (SSSR count). The fourth-order valence-electron chi connectivity index (χ4n) is 1.36. The predicted molar refractivity (Wildman–Crippen MR) is 60.2 cm³/mol. The Morgan fingerprint density at radius 3 is 2.53 bits per heavy atom. The van der Waals surface area contributed by atoms with Gasteiger partial charge in [-0.05, 0) is 17.7 Å². The summed E-state index contributed by atoms with van der Waals surface area (Å²) in [6.07, 6.45) is 0.353. The van der Waals surface area contributed by atoms with Crippen molar-refractivity contribution in [3.63, 3.8) is 0 Å². The van der Waals surface area contributed by atoms with Crippen LogP contribution in [-0.2, 0) is 16.1 Å². The molecule has 0 aliphatic carbocycles. The molecule has 1 heterocycles. The molecule has 0 N–H and O–H groups in total. The Hall–Kier alpha value is -1.06. The van der Waals surface area contributed by atoms with Crippen LogP contribution >= 0.6 is 0 Å². The van der Waals surface area contributed by atoms with Crippen molar-refractivity contribution in [2.45, 2.75) is 12.7 Å². The first kappa shape index (κ1) is 10.5. The zero-order chi connectivity index (χ0) is 10.7. The van der Waals surface area contributed by atoms with Gasteiger partial charge in [-0.25, -0.2) is 0 Å². The van der Waals surface area contributed by atoms with Crippen LogP contribution in [0.2, 0.25) is 0 Å². The normalized spacial score (nSPS) is 18.9. The Labute approximate surface area is 90.6 Å². The molecule has 3 nitrogen and oxygen atoms in total. The van der Waals surface area contributed by atoms with Crippen molar-refractivity contribution in [1.82, 2.24) is 0 Å². The van der Waals surface area contributed by atoms with Crippen LogP contribution in [0.25, 0.3) is 0 Å². The highest BCUT2D eigenvalue weighted by atomic mass is 16.6. The van der Waals surface area contributed by atoms with Crippen LogP contribution in [0.15, 0.2) is 24.3 Å². The summed E-state index contributed by atoms with van der Waals surface area (Å²) in [6, 6.07) is 8.41. The van der Waals surface area contributed by atoms with Crippen molar-refractivity contribution in [2.75, 3.05) is 32.2 Å². The molecule has 1 aliphatic heterocycles. The van der Waals surface area contributed by atoms with E-state index in [4.69, 9.17) is 9.47 Å². The van der Waals surface area contributed by atoms with Gasteiger partial charge in [0.2, 0.25) is 0 Å². The zero-order valence-electron chi connectivity index (χ0n) is 9.27. The number of hydrogen-bond acceptors (Lipinski definition) is 3. The summed E-state index contributed by atoms with van der Waals surface area (Å²) in [5.41, 5.74) is 2.42. The van der Waals surface area contributed by atoms with E-state index in [0.29, 0.717) is 12.7 Å². The molecule has 0 amide bonds. The van der Waals surface area contributed by atoms with Crippen molar-refractivity contribution < 1.29 is 9.47 Å². The van der Waals surface area contributed by atoms with E-state index in [1.165, 1.54) is 11.3 Å². The highest BCUT2D eigenvalue weighted by Gasteiger charge is 2.22. The molecule has 0 radical (unpaired) electrons. The number of nitrogens with zero attached hydrogens (tertiary/aromatic N) is 1. The van der Waals surface area contributed by atoms with Gasteiger partial charge in [-0.1, -0.05) is 12.1 Å². The molecule has 1 aromatic rings. The number of benzene rings is 1. The summed E-state index contributed by atoms with van der Waals surface area (Å²) in [6.45, 7) is 2.25. The molecule has 0 saturated carbocycles. The lowest BCUT2D eigenvalue weighted by Gasteiger charge is -2.12. The number of epoxide rings is 1. The van der Waals surface area contributed by atoms with Crippen molar-refractivity contribution in [1.29, 1.82) is 0 Å². The van der Waals surface area contributed by atoms with Gasteiger partial charge in [-0.2, -0.15) is 0 Å². The van der Waals surface area contributed by atoms with Crippen molar-refractivity contribution in [3.8, 4) is 0 Å². The summed E-state index contributed by atoms with van der Waals surface area (Å²) in [4.78, 5) is 2.09. The Morgan fingerprint density at radius 2 is 2.00 bits per heavy atom. The third-order valence-electron chi connectivity index (χ3n) is 2.43. The van der Waals surface area contributed by atoms with Crippen molar-refractivity contribution in [2.24, 2.45) is 0 Å². The molecule has 1 fully saturated rings. The van der Waals surface area contributed by atoms with Crippen LogP contribution in [0.1, 0.15) is 5.56 Å². The summed E-state index contributed by atoms with van der Waals surface area (Å²) in [5, 5.41) is 0. The van der Waals surface area contributed by atoms with Gasteiger partial charge in [-0.3, -0.25) is 0 Å². The van der Waals surface area contributed by atoms with E-state index in [-0.39, 0.29) is 0 Å². The summed E-state index contributed by atoms with van der Waals surface area (Å²) in [5.74, 6) is 0. The van der Waals surface area contributed by atoms with Gasteiger partial charge in [0.05, 0.1) is 19.8 Å². The molecule has 1 saturated heterocycles. The van der Waals surface area contributed by atoms with Crippen LogP contribution in [0.5, 0.6) is 0 Å². The third kappa shape index (κ3) is 3.22. The second-order valence-corrected chi connectivity index (χ2v) is 4.03. The standard InChI is InChI=1S/C12H17NO2/c1-13(2)11-5-3-10(4-6-11)7-14-8-12-9-15-12/h3-6,12H,7-9H2,1-2H3/t12-/m0/s1. The van der Waals surface area contributed by atoms with Gasteiger partial charge < -0.3 is 14.4 Å². The van der Waals surface area contributed by atoms with E-state index in [2.05, 4.69) is 29.2 Å². The molecule has 0 spiro atoms. The minimum atomic E-state index is 0.353. The summed E-state index contributed by atoms with van der Waals surface area (Å²) >= 11 is 0. The average Bonchev–Trinajstić information content (AvgIpc) is 3.02. The third-order valence-corrected chi connectivity index (χ3v) is 2.43. The first-order valence-electron chi connectivity index (χ1n) is 5.21. The van der Waals surface area contributed by atoms with E-state index in [1.807, 2.05) is 14.1 Å². The van der Waals surface area contributed by atoms with E-state index < -0.39 is 0 Å². The molecule has 3 heteroatoms. The Kier molecular flexibility index (Phi) is 3.23. The molecule has 82 valence electrons. The fraction of sp³-hybridized carbons (Fsp3) is 0.500. The second kappa shape index (κ2) is 4.64. The molecule has 0 aromatic heterocycles. The predicted octanol–water partition coefficient (Wildman–Crippen LogP) is 1.67. The van der Waals surface area contributed by atoms with Crippen LogP contribution in [-0.4, -0.2) is 33.4 Å². The lowest BCUT2D eigenvalue weighted by Crippen LogP contribution is -2.08. The van der Waals surface area contributed by atoms with Crippen LogP contribution in [0.3, 0.4) is 0 Å². The minimum absolute atomic E-state index is 0.353. The molecule has 1 aliphatic rings. The smallest absolute Gasteiger partial charge is 0.104 e. The average molecular weight is 207 g/mol. The van der Waals surface area contributed by atoms with Crippen LogP contribution < -0.4 is 4.90 Å². The molecule has 0 unspecified atom stereocenters. The number of hydrogen-bond donors (Lipinski definition) is 0. The van der Waals surface area contributed by atoms with Crippen LogP contribution in [0.4, 0.5) is 5.69 Å². The van der Waals surface area contributed by atoms with Gasteiger partial charge in [0, 0.05) is 19.8 Å². The van der Waals surface area contributed by atoms with Gasteiger partial charge in [0.15, 0.2) is 0 Å². The zero-order valence-corrected chi connectivity index (χ0v) is 9.27. The highest BCUT2D eigenvalue weighted by molar-refractivity contribution is 5.45. The monoisotopic (exact) mass is 207 g/mol. The maximum Gasteiger partial charge on any atom is 0.104 e. The molecule has 0 bridgehead atoms. The quantitative estimate of drug-likeness (QED) is 0.687. The van der Waals surface area contributed by atoms with Gasteiger partial charge in [0.1, 0.15) is 6.10 Å². The minimum Gasteiger partial charge on any atom is -0.378 e. The Bertz CT molecular complexity index is 304. The number of rotatable bonds is 5. The van der Waals surface area contributed by atoms with Crippen molar-refractivity contribution in [3.05, 3.63) is 29.8 Å². The molecular formula is C12H17NO2. The molecule has 1 aromatic carbocycles. The molecule has 1 atom stereocenters. The maximum absolute atomic E-state index is 5.51. The number of ether oxygens (including phenoxy) is 2. The fourth-order valence-corrected chi connectivity index (χ4v) is 1.36. The lowest BCUT2D eigenvalue weighted by molar-refractivity contribution is 0.104. The molecular weight excluding hydrogens is 190 g/mol.